The summed E-state index contributed by atoms with van der Waals surface area (Å²) in [6.07, 6.45) is 1.61. The molecule has 0 aliphatic heterocycles. The van der Waals surface area contributed by atoms with Gasteiger partial charge in [0.25, 0.3) is 5.91 Å². The van der Waals surface area contributed by atoms with E-state index < -0.39 is 0 Å². The van der Waals surface area contributed by atoms with Gasteiger partial charge in [-0.05, 0) is 38.0 Å². The molecular formula is C16H22Cl2N2O2. The van der Waals surface area contributed by atoms with Crippen molar-refractivity contribution in [3.8, 4) is 0 Å². The highest BCUT2D eigenvalue weighted by molar-refractivity contribution is 6.31. The first-order valence-corrected chi connectivity index (χ1v) is 7.53. The Morgan fingerprint density at radius 3 is 2.59 bits per heavy atom. The van der Waals surface area contributed by atoms with Crippen LogP contribution in [0.25, 0.3) is 11.0 Å². The second-order valence-corrected chi connectivity index (χ2v) is 5.89. The quantitative estimate of drug-likeness (QED) is 0.859. The van der Waals surface area contributed by atoms with Crippen LogP contribution >= 0.6 is 24.0 Å². The minimum absolute atomic E-state index is 0. The van der Waals surface area contributed by atoms with Crippen LogP contribution in [0.3, 0.4) is 0 Å². The maximum absolute atomic E-state index is 12.3. The number of hydrogen-bond acceptors (Lipinski definition) is 3. The predicted octanol–water partition coefficient (Wildman–Crippen LogP) is 4.06. The molecule has 0 atom stereocenters. The third-order valence-corrected chi connectivity index (χ3v) is 4.35. The van der Waals surface area contributed by atoms with Crippen LogP contribution in [0.1, 0.15) is 42.8 Å². The number of fused-ring (bicyclic) bond motifs is 1. The number of furan rings is 1. The standard InChI is InChI=1S/C16H21ClN2O2.ClH/c1-4-16(18,5-2)9-19-15(20)14-10(3)12-8-11(17)6-7-13(12)21-14;/h6-8H,4-5,9,18H2,1-3H3,(H,19,20);1H. The molecule has 122 valence electrons. The molecule has 0 bridgehead atoms. The van der Waals surface area contributed by atoms with E-state index in [0.717, 1.165) is 23.8 Å². The summed E-state index contributed by atoms with van der Waals surface area (Å²) < 4.78 is 5.64. The summed E-state index contributed by atoms with van der Waals surface area (Å²) in [6.45, 7) is 6.32. The fourth-order valence-corrected chi connectivity index (χ4v) is 2.42. The van der Waals surface area contributed by atoms with E-state index in [1.54, 1.807) is 18.2 Å². The Labute approximate surface area is 141 Å². The lowest BCUT2D eigenvalue weighted by Crippen LogP contribution is -2.49. The molecule has 6 heteroatoms. The first-order chi connectivity index (χ1) is 9.90. The van der Waals surface area contributed by atoms with Gasteiger partial charge in [0.1, 0.15) is 5.58 Å². The summed E-state index contributed by atoms with van der Waals surface area (Å²) in [7, 11) is 0. The molecule has 0 spiro atoms. The highest BCUT2D eigenvalue weighted by Crippen LogP contribution is 2.27. The number of hydrogen-bond donors (Lipinski definition) is 2. The SMILES string of the molecule is CCC(N)(CC)CNC(=O)c1oc2ccc(Cl)cc2c1C.Cl. The number of nitrogens with two attached hydrogens (primary N) is 1. The summed E-state index contributed by atoms with van der Waals surface area (Å²) in [5, 5.41) is 4.35. The van der Waals surface area contributed by atoms with Crippen molar-refractivity contribution in [3.63, 3.8) is 0 Å². The van der Waals surface area contributed by atoms with Gasteiger partial charge in [-0.1, -0.05) is 25.4 Å². The number of halogens is 2. The second kappa shape index (κ2) is 7.36. The first kappa shape index (κ1) is 18.8. The minimum atomic E-state index is -0.376. The second-order valence-electron chi connectivity index (χ2n) is 5.45. The minimum Gasteiger partial charge on any atom is -0.451 e. The maximum Gasteiger partial charge on any atom is 0.287 e. The first-order valence-electron chi connectivity index (χ1n) is 7.16. The summed E-state index contributed by atoms with van der Waals surface area (Å²) in [5.74, 6) is 0.0818. The summed E-state index contributed by atoms with van der Waals surface area (Å²) in [6, 6.07) is 5.32. The lowest BCUT2D eigenvalue weighted by molar-refractivity contribution is 0.0915. The Balaban J connectivity index is 0.00000242. The Hall–Kier alpha value is -1.23. The molecule has 0 fully saturated rings. The zero-order valence-electron chi connectivity index (χ0n) is 13.0. The zero-order valence-corrected chi connectivity index (χ0v) is 14.6. The van der Waals surface area contributed by atoms with Gasteiger partial charge in [0, 0.05) is 28.1 Å². The van der Waals surface area contributed by atoms with Crippen molar-refractivity contribution in [2.45, 2.75) is 39.2 Å². The molecular weight excluding hydrogens is 323 g/mol. The van der Waals surface area contributed by atoms with Crippen LogP contribution in [0.2, 0.25) is 5.02 Å². The van der Waals surface area contributed by atoms with Gasteiger partial charge >= 0.3 is 0 Å². The maximum atomic E-state index is 12.3. The van der Waals surface area contributed by atoms with Crippen molar-refractivity contribution in [2.75, 3.05) is 6.54 Å². The van der Waals surface area contributed by atoms with Gasteiger partial charge in [0.15, 0.2) is 5.76 Å². The van der Waals surface area contributed by atoms with Crippen LogP contribution < -0.4 is 11.1 Å². The van der Waals surface area contributed by atoms with E-state index in [9.17, 15) is 4.79 Å². The smallest absolute Gasteiger partial charge is 0.287 e. The van der Waals surface area contributed by atoms with Gasteiger partial charge < -0.3 is 15.5 Å². The van der Waals surface area contributed by atoms with Gasteiger partial charge in [-0.25, -0.2) is 0 Å². The number of rotatable bonds is 5. The summed E-state index contributed by atoms with van der Waals surface area (Å²) >= 11 is 5.98. The van der Waals surface area contributed by atoms with E-state index in [4.69, 9.17) is 21.8 Å². The zero-order chi connectivity index (χ0) is 15.6. The highest BCUT2D eigenvalue weighted by Gasteiger charge is 2.23. The van der Waals surface area contributed by atoms with Gasteiger partial charge in [-0.15, -0.1) is 12.4 Å². The van der Waals surface area contributed by atoms with Crippen molar-refractivity contribution in [1.82, 2.24) is 5.32 Å². The van der Waals surface area contributed by atoms with Gasteiger partial charge in [-0.3, -0.25) is 4.79 Å². The van der Waals surface area contributed by atoms with Crippen LogP contribution in [0.4, 0.5) is 0 Å². The molecule has 2 aromatic rings. The molecule has 0 aliphatic rings. The van der Waals surface area contributed by atoms with Crippen LogP contribution in [0.5, 0.6) is 0 Å². The topological polar surface area (TPSA) is 68.3 Å². The van der Waals surface area contributed by atoms with Crippen molar-refractivity contribution >= 4 is 40.9 Å². The monoisotopic (exact) mass is 344 g/mol. The molecule has 0 unspecified atom stereocenters. The molecule has 0 saturated carbocycles. The molecule has 1 heterocycles. The summed E-state index contributed by atoms with van der Waals surface area (Å²) in [4.78, 5) is 12.3. The number of carbonyl (C=O) groups is 1. The van der Waals surface area contributed by atoms with Crippen molar-refractivity contribution < 1.29 is 9.21 Å². The van der Waals surface area contributed by atoms with E-state index in [1.807, 2.05) is 20.8 Å². The van der Waals surface area contributed by atoms with Gasteiger partial charge in [-0.2, -0.15) is 0 Å². The number of aryl methyl sites for hydroxylation is 1. The molecule has 3 N–H and O–H groups in total. The Morgan fingerprint density at radius 1 is 1.36 bits per heavy atom. The van der Waals surface area contributed by atoms with Crippen molar-refractivity contribution in [2.24, 2.45) is 5.73 Å². The molecule has 22 heavy (non-hydrogen) atoms. The predicted molar refractivity (Wildman–Crippen MR) is 93.0 cm³/mol. The Kier molecular flexibility index (Phi) is 6.29. The molecule has 0 aliphatic carbocycles. The number of carbonyl (C=O) groups excluding carboxylic acids is 1. The third kappa shape index (κ3) is 3.75. The van der Waals surface area contributed by atoms with E-state index >= 15 is 0 Å². The van der Waals surface area contributed by atoms with Crippen molar-refractivity contribution in [1.29, 1.82) is 0 Å². The fourth-order valence-electron chi connectivity index (χ4n) is 2.25. The van der Waals surface area contributed by atoms with E-state index in [2.05, 4.69) is 5.32 Å². The average Bonchev–Trinajstić information content (AvgIpc) is 2.81. The highest BCUT2D eigenvalue weighted by atomic mass is 35.5. The number of amides is 1. The average molecular weight is 345 g/mol. The van der Waals surface area contributed by atoms with Crippen LogP contribution in [0, 0.1) is 6.92 Å². The number of nitrogens with one attached hydrogen (secondary N) is 1. The molecule has 0 saturated heterocycles. The van der Waals surface area contributed by atoms with Gasteiger partial charge in [0.05, 0.1) is 0 Å². The molecule has 1 amide bonds. The Bertz CT molecular complexity index is 663. The Morgan fingerprint density at radius 2 is 2.00 bits per heavy atom. The normalized spacial score (nSPS) is 11.3. The van der Waals surface area contributed by atoms with Crippen LogP contribution in [-0.4, -0.2) is 18.0 Å². The summed E-state index contributed by atoms with van der Waals surface area (Å²) in [5.41, 5.74) is 7.27. The lowest BCUT2D eigenvalue weighted by atomic mass is 9.94. The van der Waals surface area contributed by atoms with E-state index in [0.29, 0.717) is 22.9 Å². The van der Waals surface area contributed by atoms with Crippen molar-refractivity contribution in [3.05, 3.63) is 34.5 Å². The molecule has 4 nitrogen and oxygen atoms in total. The molecule has 2 rings (SSSR count). The van der Waals surface area contributed by atoms with Crippen LogP contribution in [0.15, 0.2) is 22.6 Å². The lowest BCUT2D eigenvalue weighted by Gasteiger charge is -2.26. The van der Waals surface area contributed by atoms with Gasteiger partial charge in [0.2, 0.25) is 0 Å². The van der Waals surface area contributed by atoms with E-state index in [-0.39, 0.29) is 23.9 Å². The largest absolute Gasteiger partial charge is 0.451 e. The van der Waals surface area contributed by atoms with E-state index in [1.165, 1.54) is 0 Å². The molecule has 1 aromatic heterocycles. The molecule has 1 aromatic carbocycles. The molecule has 0 radical (unpaired) electrons. The number of benzene rings is 1. The van der Waals surface area contributed by atoms with Crippen LogP contribution in [-0.2, 0) is 0 Å². The third-order valence-electron chi connectivity index (χ3n) is 4.11. The fraction of sp³-hybridized carbons (Fsp3) is 0.438.